The third-order valence-corrected chi connectivity index (χ3v) is 5.46. The topological polar surface area (TPSA) is 64.3 Å². The molecule has 0 bridgehead atoms. The summed E-state index contributed by atoms with van der Waals surface area (Å²) in [6.07, 6.45) is 7.16. The lowest BCUT2D eigenvalue weighted by Crippen LogP contribution is -2.54. The molecule has 1 aromatic heterocycles. The van der Waals surface area contributed by atoms with Crippen LogP contribution in [0.15, 0.2) is 27.8 Å². The first-order valence-electron chi connectivity index (χ1n) is 10.8. The number of amides is 1. The van der Waals surface area contributed by atoms with Crippen molar-refractivity contribution in [3.05, 3.63) is 24.2 Å². The van der Waals surface area contributed by atoms with E-state index in [-0.39, 0.29) is 24.0 Å². The van der Waals surface area contributed by atoms with Gasteiger partial charge in [0.1, 0.15) is 5.76 Å². The Labute approximate surface area is 191 Å². The van der Waals surface area contributed by atoms with Gasteiger partial charge in [-0.1, -0.05) is 6.92 Å². The molecule has 8 heteroatoms. The summed E-state index contributed by atoms with van der Waals surface area (Å²) < 4.78 is 5.41. The van der Waals surface area contributed by atoms with Crippen LogP contribution < -0.4 is 5.32 Å². The molecule has 164 valence electrons. The molecule has 2 fully saturated rings. The van der Waals surface area contributed by atoms with Crippen LogP contribution in [0.4, 0.5) is 0 Å². The van der Waals surface area contributed by atoms with Gasteiger partial charge in [0.05, 0.1) is 12.8 Å². The number of nitrogens with zero attached hydrogens (tertiary/aromatic N) is 4. The zero-order chi connectivity index (χ0) is 19.6. The maximum absolute atomic E-state index is 12.5. The van der Waals surface area contributed by atoms with Crippen molar-refractivity contribution >= 4 is 35.8 Å². The molecule has 2 aliphatic heterocycles. The number of aliphatic imine (C=N–C) groups is 1. The van der Waals surface area contributed by atoms with Crippen molar-refractivity contribution in [1.82, 2.24) is 20.0 Å². The van der Waals surface area contributed by atoms with Crippen LogP contribution >= 0.6 is 24.0 Å². The van der Waals surface area contributed by atoms with Crippen molar-refractivity contribution < 1.29 is 9.21 Å². The molecule has 0 radical (unpaired) electrons. The third-order valence-electron chi connectivity index (χ3n) is 5.46. The van der Waals surface area contributed by atoms with Gasteiger partial charge in [-0.25, -0.2) is 0 Å². The fraction of sp³-hybridized carbons (Fsp3) is 0.714. The first-order valence-corrected chi connectivity index (χ1v) is 10.8. The van der Waals surface area contributed by atoms with E-state index < -0.39 is 0 Å². The summed E-state index contributed by atoms with van der Waals surface area (Å²) >= 11 is 0. The zero-order valence-electron chi connectivity index (χ0n) is 17.6. The van der Waals surface area contributed by atoms with E-state index in [9.17, 15) is 4.79 Å². The number of halogens is 1. The highest BCUT2D eigenvalue weighted by molar-refractivity contribution is 14.0. The average molecular weight is 517 g/mol. The maximum Gasteiger partial charge on any atom is 0.236 e. The second kappa shape index (κ2) is 13.1. The highest BCUT2D eigenvalue weighted by Crippen LogP contribution is 2.10. The van der Waals surface area contributed by atoms with Crippen LogP contribution in [0, 0.1) is 0 Å². The molecule has 1 N–H and O–H groups in total. The van der Waals surface area contributed by atoms with Crippen molar-refractivity contribution in [3.63, 3.8) is 0 Å². The quantitative estimate of drug-likeness (QED) is 0.342. The largest absolute Gasteiger partial charge is 0.469 e. The van der Waals surface area contributed by atoms with Gasteiger partial charge in [0.2, 0.25) is 5.91 Å². The number of piperazine rings is 1. The van der Waals surface area contributed by atoms with Gasteiger partial charge in [-0.05, 0) is 37.8 Å². The van der Waals surface area contributed by atoms with Gasteiger partial charge in [0.15, 0.2) is 5.96 Å². The van der Waals surface area contributed by atoms with Crippen LogP contribution in [-0.4, -0.2) is 85.5 Å². The first-order chi connectivity index (χ1) is 13.8. The number of carbonyl (C=O) groups is 1. The molecule has 0 aliphatic carbocycles. The molecule has 7 nitrogen and oxygen atoms in total. The van der Waals surface area contributed by atoms with E-state index in [0.29, 0.717) is 12.5 Å². The molecule has 3 heterocycles. The lowest BCUT2D eigenvalue weighted by atomic mass is 10.1. The van der Waals surface area contributed by atoms with Crippen molar-refractivity contribution in [3.8, 4) is 0 Å². The van der Waals surface area contributed by atoms with Crippen LogP contribution in [0.25, 0.3) is 0 Å². The number of likely N-dealkylation sites (tertiary alicyclic amines) is 1. The molecule has 0 aromatic carbocycles. The van der Waals surface area contributed by atoms with Crippen molar-refractivity contribution in [1.29, 1.82) is 0 Å². The second-order valence-electron chi connectivity index (χ2n) is 7.67. The lowest BCUT2D eigenvalue weighted by molar-refractivity contribution is -0.133. The number of nitrogens with one attached hydrogen (secondary N) is 1. The molecule has 29 heavy (non-hydrogen) atoms. The molecule has 0 atom stereocenters. The Morgan fingerprint density at radius 2 is 1.86 bits per heavy atom. The SMILES string of the molecule is CCCN=C(NCCc1ccco1)N1CCN(CC(=O)N2CCCCC2)CC1.I. The summed E-state index contributed by atoms with van der Waals surface area (Å²) in [5, 5.41) is 3.49. The van der Waals surface area contributed by atoms with Gasteiger partial charge in [-0.15, -0.1) is 24.0 Å². The summed E-state index contributed by atoms with van der Waals surface area (Å²) in [5.74, 6) is 2.27. The maximum atomic E-state index is 12.5. The molecule has 0 unspecified atom stereocenters. The number of hydrogen-bond acceptors (Lipinski definition) is 4. The highest BCUT2D eigenvalue weighted by Gasteiger charge is 2.24. The van der Waals surface area contributed by atoms with Crippen LogP contribution in [0.3, 0.4) is 0 Å². The Balaban J connectivity index is 0.00000300. The Morgan fingerprint density at radius 1 is 1.10 bits per heavy atom. The van der Waals surface area contributed by atoms with Gasteiger partial charge in [-0.2, -0.15) is 0 Å². The molecule has 0 spiro atoms. The number of rotatable bonds is 7. The van der Waals surface area contributed by atoms with E-state index in [0.717, 1.165) is 89.8 Å². The smallest absolute Gasteiger partial charge is 0.236 e. The normalized spacial score (nSPS) is 18.4. The van der Waals surface area contributed by atoms with Gasteiger partial charge in [0.25, 0.3) is 0 Å². The summed E-state index contributed by atoms with van der Waals surface area (Å²) in [7, 11) is 0. The fourth-order valence-corrected chi connectivity index (χ4v) is 3.79. The monoisotopic (exact) mass is 517 g/mol. The van der Waals surface area contributed by atoms with Crippen LogP contribution in [0.1, 0.15) is 38.4 Å². The first kappa shape index (κ1) is 24.0. The third kappa shape index (κ3) is 7.81. The summed E-state index contributed by atoms with van der Waals surface area (Å²) in [4.78, 5) is 23.9. The van der Waals surface area contributed by atoms with E-state index in [1.54, 1.807) is 6.26 Å². The van der Waals surface area contributed by atoms with E-state index in [4.69, 9.17) is 9.41 Å². The number of hydrogen-bond donors (Lipinski definition) is 1. The van der Waals surface area contributed by atoms with Crippen LogP contribution in [0.5, 0.6) is 0 Å². The number of piperidine rings is 1. The van der Waals surface area contributed by atoms with E-state index in [2.05, 4.69) is 22.0 Å². The van der Waals surface area contributed by atoms with Crippen LogP contribution in [-0.2, 0) is 11.2 Å². The Morgan fingerprint density at radius 3 is 2.52 bits per heavy atom. The Bertz CT molecular complexity index is 609. The van der Waals surface area contributed by atoms with Crippen molar-refractivity contribution in [2.24, 2.45) is 4.99 Å². The number of furan rings is 1. The predicted octanol–water partition coefficient (Wildman–Crippen LogP) is 2.43. The standard InChI is InChI=1S/C21H35N5O2.HI/c1-2-9-22-21(23-10-8-19-7-6-17-28-19)26-15-13-24(14-16-26)18-20(27)25-11-4-3-5-12-25;/h6-7,17H,2-5,8-16,18H2,1H3,(H,22,23);1H. The van der Waals surface area contributed by atoms with Crippen molar-refractivity contribution in [2.45, 2.75) is 39.0 Å². The zero-order valence-corrected chi connectivity index (χ0v) is 20.0. The van der Waals surface area contributed by atoms with Gasteiger partial charge < -0.3 is 19.5 Å². The molecule has 2 aliphatic rings. The number of guanidine groups is 1. The Hall–Kier alpha value is -1.29. The Kier molecular flexibility index (Phi) is 10.8. The van der Waals surface area contributed by atoms with Gasteiger partial charge in [0, 0.05) is 58.8 Å². The van der Waals surface area contributed by atoms with E-state index in [1.807, 2.05) is 17.0 Å². The minimum Gasteiger partial charge on any atom is -0.469 e. The lowest BCUT2D eigenvalue weighted by Gasteiger charge is -2.37. The second-order valence-corrected chi connectivity index (χ2v) is 7.67. The minimum atomic E-state index is 0. The highest BCUT2D eigenvalue weighted by atomic mass is 127. The summed E-state index contributed by atoms with van der Waals surface area (Å²) in [6, 6.07) is 3.93. The van der Waals surface area contributed by atoms with E-state index >= 15 is 0 Å². The van der Waals surface area contributed by atoms with Crippen molar-refractivity contribution in [2.75, 3.05) is 58.9 Å². The molecule has 3 rings (SSSR count). The molecule has 1 amide bonds. The average Bonchev–Trinajstić information content (AvgIpc) is 3.25. The van der Waals surface area contributed by atoms with Gasteiger partial charge in [-0.3, -0.25) is 14.7 Å². The molecular weight excluding hydrogens is 481 g/mol. The predicted molar refractivity (Wildman–Crippen MR) is 127 cm³/mol. The summed E-state index contributed by atoms with van der Waals surface area (Å²) in [5.41, 5.74) is 0. The molecule has 1 aromatic rings. The fourth-order valence-electron chi connectivity index (χ4n) is 3.79. The minimum absolute atomic E-state index is 0. The summed E-state index contributed by atoms with van der Waals surface area (Å²) in [6.45, 7) is 9.84. The van der Waals surface area contributed by atoms with Crippen LogP contribution in [0.2, 0.25) is 0 Å². The molecular formula is C21H36IN5O2. The van der Waals surface area contributed by atoms with Gasteiger partial charge >= 0.3 is 0 Å². The van der Waals surface area contributed by atoms with E-state index in [1.165, 1.54) is 6.42 Å². The number of carbonyl (C=O) groups excluding carboxylic acids is 1. The molecule has 2 saturated heterocycles. The molecule has 0 saturated carbocycles.